The van der Waals surface area contributed by atoms with Crippen LogP contribution in [0.2, 0.25) is 0 Å². The molecule has 0 saturated carbocycles. The number of hydrogen-bond donors (Lipinski definition) is 0. The second-order valence-electron chi connectivity index (χ2n) is 8.02. The molecule has 0 aromatic heterocycles. The summed E-state index contributed by atoms with van der Waals surface area (Å²) in [6.07, 6.45) is 1.49. The van der Waals surface area contributed by atoms with Crippen LogP contribution < -0.4 is 14.2 Å². The topological polar surface area (TPSA) is 57.2 Å². The highest BCUT2D eigenvalue weighted by Crippen LogP contribution is 2.41. The lowest BCUT2D eigenvalue weighted by Gasteiger charge is -2.47. The van der Waals surface area contributed by atoms with Gasteiger partial charge in [-0.1, -0.05) is 12.1 Å². The molecule has 160 valence electrons. The summed E-state index contributed by atoms with van der Waals surface area (Å²) in [6.45, 7) is 5.33. The first kappa shape index (κ1) is 20.5. The van der Waals surface area contributed by atoms with Crippen molar-refractivity contribution in [3.05, 3.63) is 53.1 Å². The van der Waals surface area contributed by atoms with Crippen LogP contribution in [-0.2, 0) is 9.53 Å². The van der Waals surface area contributed by atoms with E-state index in [0.29, 0.717) is 18.0 Å². The molecule has 0 N–H and O–H groups in total. The SMILES string of the molecule is COc1cc(OC)cc([C@@H]2[C@H](Oc3cc(C)ccc3C)C(=O)N2C[C@H]2CCCO2)c1. The minimum absolute atomic E-state index is 0.0156. The van der Waals surface area contributed by atoms with Gasteiger partial charge in [0.25, 0.3) is 5.91 Å². The molecular weight excluding hydrogens is 382 g/mol. The van der Waals surface area contributed by atoms with Gasteiger partial charge in [-0.25, -0.2) is 0 Å². The lowest BCUT2D eigenvalue weighted by atomic mass is 9.89. The maximum atomic E-state index is 13.1. The molecule has 0 spiro atoms. The quantitative estimate of drug-likeness (QED) is 0.648. The molecule has 3 atom stereocenters. The maximum Gasteiger partial charge on any atom is 0.266 e. The zero-order valence-corrected chi connectivity index (χ0v) is 18.0. The molecule has 2 aliphatic heterocycles. The van der Waals surface area contributed by atoms with Crippen LogP contribution in [0.15, 0.2) is 36.4 Å². The molecule has 6 heteroatoms. The standard InChI is InChI=1S/C24H29NO5/c1-15-7-8-16(2)21(10-15)30-23-22(17-11-19(27-3)13-20(12-17)28-4)25(24(23)26)14-18-6-5-9-29-18/h7-8,10-13,18,22-23H,5-6,9,14H2,1-4H3/t18-,22-,23+/m1/s1. The zero-order chi connectivity index (χ0) is 21.3. The third-order valence-electron chi connectivity index (χ3n) is 5.89. The fourth-order valence-corrected chi connectivity index (χ4v) is 4.17. The summed E-state index contributed by atoms with van der Waals surface area (Å²) in [5.74, 6) is 2.10. The number of rotatable bonds is 7. The van der Waals surface area contributed by atoms with E-state index < -0.39 is 6.10 Å². The van der Waals surface area contributed by atoms with Gasteiger partial charge in [-0.05, 0) is 61.6 Å². The first-order valence-corrected chi connectivity index (χ1v) is 10.4. The Bertz CT molecular complexity index is 900. The Morgan fingerprint density at radius 3 is 2.43 bits per heavy atom. The molecule has 30 heavy (non-hydrogen) atoms. The van der Waals surface area contributed by atoms with Gasteiger partial charge >= 0.3 is 0 Å². The van der Waals surface area contributed by atoms with Crippen molar-refractivity contribution in [3.63, 3.8) is 0 Å². The van der Waals surface area contributed by atoms with Crippen molar-refractivity contribution in [2.75, 3.05) is 27.4 Å². The number of nitrogens with zero attached hydrogens (tertiary/aromatic N) is 1. The van der Waals surface area contributed by atoms with Crippen molar-refractivity contribution in [3.8, 4) is 17.2 Å². The third-order valence-corrected chi connectivity index (χ3v) is 5.89. The number of benzene rings is 2. The molecule has 0 aliphatic carbocycles. The average molecular weight is 411 g/mol. The lowest BCUT2D eigenvalue weighted by Crippen LogP contribution is -2.62. The minimum Gasteiger partial charge on any atom is -0.497 e. The van der Waals surface area contributed by atoms with Gasteiger partial charge in [-0.15, -0.1) is 0 Å². The Morgan fingerprint density at radius 1 is 1.07 bits per heavy atom. The molecule has 4 rings (SSSR count). The smallest absolute Gasteiger partial charge is 0.266 e. The van der Waals surface area contributed by atoms with Gasteiger partial charge in [-0.2, -0.15) is 0 Å². The number of carbonyl (C=O) groups is 1. The Labute approximate surface area is 177 Å². The van der Waals surface area contributed by atoms with Crippen LogP contribution in [-0.4, -0.2) is 50.4 Å². The predicted octanol–water partition coefficient (Wildman–Crippen LogP) is 3.83. The summed E-state index contributed by atoms with van der Waals surface area (Å²) < 4.78 is 23.0. The van der Waals surface area contributed by atoms with Crippen LogP contribution in [0.4, 0.5) is 0 Å². The van der Waals surface area contributed by atoms with E-state index in [1.165, 1.54) is 0 Å². The van der Waals surface area contributed by atoms with Crippen LogP contribution in [0.25, 0.3) is 0 Å². The highest BCUT2D eigenvalue weighted by molar-refractivity contribution is 5.89. The van der Waals surface area contributed by atoms with Crippen LogP contribution in [0.5, 0.6) is 17.2 Å². The molecule has 0 radical (unpaired) electrons. The van der Waals surface area contributed by atoms with Crippen molar-refractivity contribution >= 4 is 5.91 Å². The van der Waals surface area contributed by atoms with Crippen LogP contribution >= 0.6 is 0 Å². The average Bonchev–Trinajstić information content (AvgIpc) is 3.27. The van der Waals surface area contributed by atoms with E-state index in [1.807, 2.05) is 55.1 Å². The Morgan fingerprint density at radius 2 is 1.80 bits per heavy atom. The number of hydrogen-bond acceptors (Lipinski definition) is 5. The maximum absolute atomic E-state index is 13.1. The number of amides is 1. The number of carbonyl (C=O) groups excluding carboxylic acids is 1. The van der Waals surface area contributed by atoms with E-state index in [2.05, 4.69) is 0 Å². The highest BCUT2D eigenvalue weighted by Gasteiger charge is 2.51. The summed E-state index contributed by atoms with van der Waals surface area (Å²) in [5, 5.41) is 0. The second kappa shape index (κ2) is 8.56. The Balaban J connectivity index is 1.66. The summed E-state index contributed by atoms with van der Waals surface area (Å²) in [4.78, 5) is 15.0. The molecule has 1 amide bonds. The normalized spacial score (nSPS) is 23.3. The van der Waals surface area contributed by atoms with Crippen molar-refractivity contribution in [2.24, 2.45) is 0 Å². The lowest BCUT2D eigenvalue weighted by molar-refractivity contribution is -0.167. The van der Waals surface area contributed by atoms with Gasteiger partial charge < -0.3 is 23.8 Å². The number of methoxy groups -OCH3 is 2. The van der Waals surface area contributed by atoms with Crippen molar-refractivity contribution in [2.45, 2.75) is 44.9 Å². The van der Waals surface area contributed by atoms with Gasteiger partial charge in [0.2, 0.25) is 6.10 Å². The van der Waals surface area contributed by atoms with Crippen molar-refractivity contribution in [1.82, 2.24) is 4.90 Å². The van der Waals surface area contributed by atoms with E-state index in [0.717, 1.165) is 41.9 Å². The van der Waals surface area contributed by atoms with E-state index >= 15 is 0 Å². The monoisotopic (exact) mass is 411 g/mol. The second-order valence-corrected chi connectivity index (χ2v) is 8.02. The van der Waals surface area contributed by atoms with Crippen LogP contribution in [0, 0.1) is 13.8 Å². The zero-order valence-electron chi connectivity index (χ0n) is 18.0. The van der Waals surface area contributed by atoms with Gasteiger partial charge in [-0.3, -0.25) is 4.79 Å². The van der Waals surface area contributed by atoms with Gasteiger partial charge in [0.1, 0.15) is 23.3 Å². The Kier molecular flexibility index (Phi) is 5.86. The van der Waals surface area contributed by atoms with Gasteiger partial charge in [0, 0.05) is 19.2 Å². The number of ether oxygens (including phenoxy) is 4. The highest BCUT2D eigenvalue weighted by atomic mass is 16.5. The van der Waals surface area contributed by atoms with E-state index in [-0.39, 0.29) is 18.1 Å². The molecule has 2 saturated heterocycles. The van der Waals surface area contributed by atoms with E-state index in [9.17, 15) is 4.79 Å². The third kappa shape index (κ3) is 3.97. The predicted molar refractivity (Wildman–Crippen MR) is 113 cm³/mol. The number of aryl methyl sites for hydroxylation is 2. The molecule has 2 aromatic carbocycles. The first-order chi connectivity index (χ1) is 14.5. The van der Waals surface area contributed by atoms with Gasteiger partial charge in [0.15, 0.2) is 0 Å². The number of likely N-dealkylation sites (tertiary alicyclic amines) is 1. The Hall–Kier alpha value is -2.73. The fraction of sp³-hybridized carbons (Fsp3) is 0.458. The largest absolute Gasteiger partial charge is 0.497 e. The van der Waals surface area contributed by atoms with Crippen molar-refractivity contribution in [1.29, 1.82) is 0 Å². The summed E-state index contributed by atoms with van der Waals surface area (Å²) in [5.41, 5.74) is 3.03. The fourth-order valence-electron chi connectivity index (χ4n) is 4.17. The van der Waals surface area contributed by atoms with E-state index in [4.69, 9.17) is 18.9 Å². The molecule has 0 unspecified atom stereocenters. The first-order valence-electron chi connectivity index (χ1n) is 10.4. The minimum atomic E-state index is -0.594. The molecule has 6 nitrogen and oxygen atoms in total. The van der Waals surface area contributed by atoms with Gasteiger partial charge in [0.05, 0.1) is 20.3 Å². The van der Waals surface area contributed by atoms with E-state index in [1.54, 1.807) is 14.2 Å². The number of β-lactam (4-membered cyclic amide) rings is 1. The van der Waals surface area contributed by atoms with Crippen LogP contribution in [0.3, 0.4) is 0 Å². The summed E-state index contributed by atoms with van der Waals surface area (Å²) >= 11 is 0. The molecule has 2 heterocycles. The summed E-state index contributed by atoms with van der Waals surface area (Å²) in [7, 11) is 3.25. The molecule has 2 aromatic rings. The molecule has 0 bridgehead atoms. The van der Waals surface area contributed by atoms with Crippen LogP contribution in [0.1, 0.15) is 35.6 Å². The van der Waals surface area contributed by atoms with Crippen molar-refractivity contribution < 1.29 is 23.7 Å². The molecular formula is C24H29NO5. The molecule has 2 aliphatic rings. The molecule has 2 fully saturated rings. The summed E-state index contributed by atoms with van der Waals surface area (Å²) in [6, 6.07) is 11.5.